The molecular weight excluding hydrogens is 234 g/mol. The molecule has 1 heterocycles. The van der Waals surface area contributed by atoms with Crippen LogP contribution >= 0.6 is 11.6 Å². The van der Waals surface area contributed by atoms with Crippen LogP contribution in [-0.4, -0.2) is 16.5 Å². The highest BCUT2D eigenvalue weighted by atomic mass is 35.5. The van der Waals surface area contributed by atoms with Crippen LogP contribution in [0.25, 0.3) is 0 Å². The molecule has 1 aromatic heterocycles. The van der Waals surface area contributed by atoms with E-state index < -0.39 is 0 Å². The molecule has 2 saturated carbocycles. The van der Waals surface area contributed by atoms with Gasteiger partial charge < -0.3 is 5.32 Å². The maximum atomic E-state index is 6.03. The highest BCUT2D eigenvalue weighted by Gasteiger charge is 2.40. The van der Waals surface area contributed by atoms with Gasteiger partial charge in [0.05, 0.1) is 0 Å². The molecule has 0 spiro atoms. The molecular formula is C13H18ClN3. The van der Waals surface area contributed by atoms with E-state index in [1.807, 2.05) is 6.07 Å². The van der Waals surface area contributed by atoms with Gasteiger partial charge in [0.15, 0.2) is 0 Å². The number of hydrogen-bond donors (Lipinski definition) is 1. The van der Waals surface area contributed by atoms with Gasteiger partial charge in [-0.2, -0.15) is 0 Å². The van der Waals surface area contributed by atoms with Gasteiger partial charge in [-0.05, 0) is 37.5 Å². The van der Waals surface area contributed by atoms with Crippen LogP contribution in [-0.2, 0) is 0 Å². The van der Waals surface area contributed by atoms with Crippen molar-refractivity contribution in [1.29, 1.82) is 0 Å². The minimum Gasteiger partial charge on any atom is -0.369 e. The van der Waals surface area contributed by atoms with E-state index in [9.17, 15) is 0 Å². The maximum absolute atomic E-state index is 6.03. The van der Waals surface area contributed by atoms with Gasteiger partial charge in [0.25, 0.3) is 0 Å². The second-order valence-corrected chi connectivity index (χ2v) is 5.80. The summed E-state index contributed by atoms with van der Waals surface area (Å²) in [6.07, 6.45) is 6.33. The van der Waals surface area contributed by atoms with Crippen LogP contribution in [0.2, 0.25) is 5.15 Å². The molecule has 2 fully saturated rings. The van der Waals surface area contributed by atoms with E-state index in [4.69, 9.17) is 11.6 Å². The van der Waals surface area contributed by atoms with E-state index in [0.717, 1.165) is 18.2 Å². The highest BCUT2D eigenvalue weighted by Crippen LogP contribution is 2.48. The fraction of sp³-hybridized carbons (Fsp3) is 0.692. The zero-order chi connectivity index (χ0) is 11.9. The van der Waals surface area contributed by atoms with Gasteiger partial charge in [0.2, 0.25) is 0 Å². The molecule has 0 atom stereocenters. The average Bonchev–Trinajstić information content (AvgIpc) is 3.19. The first kappa shape index (κ1) is 11.3. The molecule has 2 aliphatic carbocycles. The minimum absolute atomic E-state index is 0.525. The summed E-state index contributed by atoms with van der Waals surface area (Å²) in [7, 11) is 0. The van der Waals surface area contributed by atoms with Crippen LogP contribution in [0.4, 0.5) is 5.82 Å². The Bertz CT molecular complexity index is 425. The van der Waals surface area contributed by atoms with Crippen molar-refractivity contribution in [2.75, 3.05) is 11.9 Å². The summed E-state index contributed by atoms with van der Waals surface area (Å²) < 4.78 is 0. The lowest BCUT2D eigenvalue weighted by atomic mass is 10.0. The number of aromatic nitrogens is 2. The molecule has 1 N–H and O–H groups in total. The summed E-state index contributed by atoms with van der Waals surface area (Å²) in [5.74, 6) is 2.36. The maximum Gasteiger partial charge on any atom is 0.135 e. The van der Waals surface area contributed by atoms with Crippen LogP contribution < -0.4 is 5.32 Å². The molecule has 3 rings (SSSR count). The quantitative estimate of drug-likeness (QED) is 0.813. The number of halogens is 1. The Morgan fingerprint density at radius 1 is 1.41 bits per heavy atom. The normalized spacial score (nSPS) is 21.3. The van der Waals surface area contributed by atoms with Gasteiger partial charge in [-0.25, -0.2) is 9.97 Å². The molecule has 0 bridgehead atoms. The number of nitrogens with one attached hydrogen (secondary N) is 1. The molecule has 0 aliphatic heterocycles. The lowest BCUT2D eigenvalue weighted by molar-refractivity contribution is 0.520. The van der Waals surface area contributed by atoms with E-state index in [-0.39, 0.29) is 0 Å². The van der Waals surface area contributed by atoms with Crippen molar-refractivity contribution in [2.24, 2.45) is 5.41 Å². The number of anilines is 1. The number of nitrogens with zero attached hydrogens (tertiary/aromatic N) is 2. The third-order valence-corrected chi connectivity index (χ3v) is 4.20. The standard InChI is InChI=1S/C13H18ClN3/c1-2-13(5-6-13)8-15-11-7-10(14)16-12(17-11)9-3-4-9/h7,9H,2-6,8H2,1H3,(H,15,16,17). The van der Waals surface area contributed by atoms with Crippen LogP contribution in [0.15, 0.2) is 6.07 Å². The lowest BCUT2D eigenvalue weighted by Crippen LogP contribution is -2.15. The third-order valence-electron chi connectivity index (χ3n) is 4.01. The van der Waals surface area contributed by atoms with E-state index >= 15 is 0 Å². The number of rotatable bonds is 5. The first-order chi connectivity index (χ1) is 8.21. The van der Waals surface area contributed by atoms with Crippen LogP contribution in [0, 0.1) is 5.41 Å². The van der Waals surface area contributed by atoms with Gasteiger partial charge >= 0.3 is 0 Å². The summed E-state index contributed by atoms with van der Waals surface area (Å²) in [5.41, 5.74) is 0.525. The molecule has 0 amide bonds. The second-order valence-electron chi connectivity index (χ2n) is 5.42. The van der Waals surface area contributed by atoms with Crippen LogP contribution in [0.3, 0.4) is 0 Å². The largest absolute Gasteiger partial charge is 0.369 e. The molecule has 0 saturated heterocycles. The molecule has 1 aromatic rings. The van der Waals surface area contributed by atoms with Gasteiger partial charge in [0.1, 0.15) is 16.8 Å². The molecule has 4 heteroatoms. The molecule has 0 unspecified atom stereocenters. The molecule has 92 valence electrons. The Hall–Kier alpha value is -0.830. The van der Waals surface area contributed by atoms with Crippen molar-refractivity contribution < 1.29 is 0 Å². The molecule has 0 aromatic carbocycles. The Morgan fingerprint density at radius 2 is 2.18 bits per heavy atom. The summed E-state index contributed by atoms with van der Waals surface area (Å²) in [4.78, 5) is 8.84. The van der Waals surface area contributed by atoms with E-state index in [0.29, 0.717) is 16.5 Å². The zero-order valence-corrected chi connectivity index (χ0v) is 10.9. The smallest absolute Gasteiger partial charge is 0.135 e. The fourth-order valence-electron chi connectivity index (χ4n) is 2.16. The molecule has 3 nitrogen and oxygen atoms in total. The zero-order valence-electron chi connectivity index (χ0n) is 10.2. The van der Waals surface area contributed by atoms with Crippen molar-refractivity contribution in [3.63, 3.8) is 0 Å². The summed E-state index contributed by atoms with van der Waals surface area (Å²) in [5, 5.41) is 3.99. The first-order valence-electron chi connectivity index (χ1n) is 6.49. The van der Waals surface area contributed by atoms with Crippen molar-refractivity contribution in [3.8, 4) is 0 Å². The summed E-state index contributed by atoms with van der Waals surface area (Å²) >= 11 is 6.03. The SMILES string of the molecule is CCC1(CNc2cc(Cl)nc(C3CC3)n2)CC1. The average molecular weight is 252 g/mol. The van der Waals surface area contributed by atoms with Crippen LogP contribution in [0.1, 0.15) is 50.8 Å². The summed E-state index contributed by atoms with van der Waals surface area (Å²) in [6.45, 7) is 3.28. The third kappa shape index (κ3) is 2.54. The van der Waals surface area contributed by atoms with Crippen LogP contribution in [0.5, 0.6) is 0 Å². The van der Waals surface area contributed by atoms with Gasteiger partial charge in [-0.15, -0.1) is 0 Å². The van der Waals surface area contributed by atoms with Crippen molar-refractivity contribution in [3.05, 3.63) is 17.0 Å². The van der Waals surface area contributed by atoms with E-state index in [2.05, 4.69) is 22.2 Å². The molecule has 2 aliphatic rings. The second kappa shape index (κ2) is 4.13. The molecule has 17 heavy (non-hydrogen) atoms. The van der Waals surface area contributed by atoms with E-state index in [1.165, 1.54) is 32.1 Å². The van der Waals surface area contributed by atoms with Gasteiger partial charge in [-0.3, -0.25) is 0 Å². The predicted octanol–water partition coefficient (Wildman–Crippen LogP) is 3.61. The van der Waals surface area contributed by atoms with Crippen molar-refractivity contribution >= 4 is 17.4 Å². The van der Waals surface area contributed by atoms with Crippen molar-refractivity contribution in [2.45, 2.75) is 44.9 Å². The Kier molecular flexibility index (Phi) is 2.74. The fourth-order valence-corrected chi connectivity index (χ4v) is 2.35. The van der Waals surface area contributed by atoms with Crippen molar-refractivity contribution in [1.82, 2.24) is 9.97 Å². The Labute approximate surface area is 107 Å². The minimum atomic E-state index is 0.525. The van der Waals surface area contributed by atoms with Gasteiger partial charge in [-0.1, -0.05) is 18.5 Å². The number of hydrogen-bond acceptors (Lipinski definition) is 3. The topological polar surface area (TPSA) is 37.8 Å². The van der Waals surface area contributed by atoms with Gasteiger partial charge in [0, 0.05) is 18.5 Å². The Morgan fingerprint density at radius 3 is 2.76 bits per heavy atom. The summed E-state index contributed by atoms with van der Waals surface area (Å²) in [6, 6.07) is 1.83. The lowest BCUT2D eigenvalue weighted by Gasteiger charge is -2.14. The Balaban J connectivity index is 1.69. The monoisotopic (exact) mass is 251 g/mol. The molecule has 0 radical (unpaired) electrons. The predicted molar refractivity (Wildman–Crippen MR) is 69.5 cm³/mol. The van der Waals surface area contributed by atoms with E-state index in [1.54, 1.807) is 0 Å². The highest BCUT2D eigenvalue weighted by molar-refractivity contribution is 6.29. The first-order valence-corrected chi connectivity index (χ1v) is 6.87.